The first kappa shape index (κ1) is 14.5. The van der Waals surface area contributed by atoms with Crippen LogP contribution in [-0.4, -0.2) is 17.0 Å². The lowest BCUT2D eigenvalue weighted by Crippen LogP contribution is -2.13. The number of benzene rings is 1. The molecule has 1 aromatic carbocycles. The van der Waals surface area contributed by atoms with Crippen molar-refractivity contribution in [2.24, 2.45) is 0 Å². The second-order valence-corrected chi connectivity index (χ2v) is 6.26. The van der Waals surface area contributed by atoms with Crippen LogP contribution in [0.15, 0.2) is 45.1 Å². The van der Waals surface area contributed by atoms with Crippen LogP contribution in [0.4, 0.5) is 0 Å². The van der Waals surface area contributed by atoms with Crippen LogP contribution in [0.1, 0.15) is 24.1 Å². The number of rotatable bonds is 4. The Hall–Kier alpha value is -0.910. The lowest BCUT2D eigenvalue weighted by Gasteiger charge is -2.15. The Labute approximate surface area is 126 Å². The molecule has 5 heteroatoms. The molecular weight excluding hydrogens is 322 g/mol. The third-order valence-corrected chi connectivity index (χ3v) is 4.29. The quantitative estimate of drug-likeness (QED) is 0.856. The van der Waals surface area contributed by atoms with Crippen molar-refractivity contribution in [3.05, 3.63) is 46.2 Å². The van der Waals surface area contributed by atoms with Gasteiger partial charge in [0.2, 0.25) is 0 Å². The number of nitrogens with zero attached hydrogens (tertiary/aromatic N) is 2. The molecule has 1 atom stereocenters. The summed E-state index contributed by atoms with van der Waals surface area (Å²) in [7, 11) is 1.96. The van der Waals surface area contributed by atoms with Crippen LogP contribution in [-0.2, 0) is 0 Å². The van der Waals surface area contributed by atoms with E-state index in [-0.39, 0.29) is 0 Å². The lowest BCUT2D eigenvalue weighted by atomic mass is 10.1. The largest absolute Gasteiger partial charge is 0.313 e. The summed E-state index contributed by atoms with van der Waals surface area (Å²) in [6, 6.07) is 6.59. The second kappa shape index (κ2) is 6.50. The van der Waals surface area contributed by atoms with E-state index in [0.717, 1.165) is 15.2 Å². The molecule has 0 aliphatic rings. The van der Waals surface area contributed by atoms with Gasteiger partial charge in [-0.3, -0.25) is 0 Å². The Morgan fingerprint density at radius 2 is 1.95 bits per heavy atom. The highest BCUT2D eigenvalue weighted by atomic mass is 79.9. The minimum atomic E-state index is 0.293. The van der Waals surface area contributed by atoms with Crippen molar-refractivity contribution in [3.63, 3.8) is 0 Å². The molecule has 1 aromatic heterocycles. The van der Waals surface area contributed by atoms with Gasteiger partial charge in [0.1, 0.15) is 0 Å². The van der Waals surface area contributed by atoms with Gasteiger partial charge >= 0.3 is 0 Å². The fraction of sp³-hybridized carbons (Fsp3) is 0.286. The molecule has 1 heterocycles. The number of hydrogen-bond acceptors (Lipinski definition) is 4. The molecule has 2 aromatic rings. The Morgan fingerprint density at radius 1 is 1.26 bits per heavy atom. The summed E-state index contributed by atoms with van der Waals surface area (Å²) in [4.78, 5) is 9.86. The highest BCUT2D eigenvalue weighted by Crippen LogP contribution is 2.33. The topological polar surface area (TPSA) is 37.8 Å². The van der Waals surface area contributed by atoms with Gasteiger partial charge in [0.05, 0.1) is 0 Å². The molecule has 0 aliphatic carbocycles. The summed E-state index contributed by atoms with van der Waals surface area (Å²) in [5.41, 5.74) is 2.32. The maximum atomic E-state index is 4.35. The molecule has 0 amide bonds. The van der Waals surface area contributed by atoms with Gasteiger partial charge < -0.3 is 5.32 Å². The highest BCUT2D eigenvalue weighted by molar-refractivity contribution is 9.10. The van der Waals surface area contributed by atoms with Gasteiger partial charge in [-0.2, -0.15) is 0 Å². The fourth-order valence-electron chi connectivity index (χ4n) is 1.64. The normalized spacial score (nSPS) is 12.4. The van der Waals surface area contributed by atoms with Crippen molar-refractivity contribution >= 4 is 27.7 Å². The van der Waals surface area contributed by atoms with Crippen molar-refractivity contribution in [2.75, 3.05) is 7.05 Å². The molecule has 3 nitrogen and oxygen atoms in total. The van der Waals surface area contributed by atoms with Gasteiger partial charge in [-0.1, -0.05) is 22.0 Å². The third-order valence-electron chi connectivity index (χ3n) is 2.83. The number of aryl methyl sites for hydroxylation is 1. The first-order valence-corrected chi connectivity index (χ1v) is 7.64. The van der Waals surface area contributed by atoms with Crippen molar-refractivity contribution in [3.8, 4) is 0 Å². The molecule has 1 N–H and O–H groups in total. The van der Waals surface area contributed by atoms with E-state index in [9.17, 15) is 0 Å². The van der Waals surface area contributed by atoms with Crippen molar-refractivity contribution in [1.82, 2.24) is 15.3 Å². The molecule has 0 spiro atoms. The summed E-state index contributed by atoms with van der Waals surface area (Å²) < 4.78 is 1.06. The van der Waals surface area contributed by atoms with Crippen LogP contribution in [0.3, 0.4) is 0 Å². The molecule has 19 heavy (non-hydrogen) atoms. The van der Waals surface area contributed by atoms with E-state index in [1.54, 1.807) is 11.8 Å². The maximum Gasteiger partial charge on any atom is 0.192 e. The molecule has 1 unspecified atom stereocenters. The average molecular weight is 338 g/mol. The molecule has 100 valence electrons. The van der Waals surface area contributed by atoms with E-state index in [4.69, 9.17) is 0 Å². The zero-order valence-corrected chi connectivity index (χ0v) is 13.5. The first-order valence-electron chi connectivity index (χ1n) is 6.03. The molecule has 0 bridgehead atoms. The number of hydrogen-bond donors (Lipinski definition) is 1. The van der Waals surface area contributed by atoms with Gasteiger partial charge in [-0.05, 0) is 55.9 Å². The van der Waals surface area contributed by atoms with Crippen LogP contribution < -0.4 is 5.32 Å². The molecule has 0 saturated heterocycles. The minimum Gasteiger partial charge on any atom is -0.313 e. The summed E-state index contributed by atoms with van der Waals surface area (Å²) in [5, 5.41) is 4.04. The first-order chi connectivity index (χ1) is 9.10. The zero-order valence-electron chi connectivity index (χ0n) is 11.1. The van der Waals surface area contributed by atoms with Gasteiger partial charge in [0.25, 0.3) is 0 Å². The molecule has 0 saturated carbocycles. The smallest absolute Gasteiger partial charge is 0.192 e. The monoisotopic (exact) mass is 337 g/mol. The van der Waals surface area contributed by atoms with E-state index in [1.807, 2.05) is 26.4 Å². The third kappa shape index (κ3) is 3.78. The van der Waals surface area contributed by atoms with Gasteiger partial charge in [-0.15, -0.1) is 0 Å². The summed E-state index contributed by atoms with van der Waals surface area (Å²) in [5.74, 6) is 0. The summed E-state index contributed by atoms with van der Waals surface area (Å²) >= 11 is 5.11. The predicted molar refractivity (Wildman–Crippen MR) is 82.5 cm³/mol. The van der Waals surface area contributed by atoms with Crippen LogP contribution >= 0.6 is 27.7 Å². The van der Waals surface area contributed by atoms with Crippen LogP contribution in [0.25, 0.3) is 0 Å². The molecule has 0 radical (unpaired) electrons. The van der Waals surface area contributed by atoms with Crippen molar-refractivity contribution < 1.29 is 0 Å². The van der Waals surface area contributed by atoms with Gasteiger partial charge in [-0.25, -0.2) is 9.97 Å². The number of halogens is 1. The van der Waals surface area contributed by atoms with Gasteiger partial charge in [0, 0.05) is 27.8 Å². The SMILES string of the molecule is CNC(C)c1ccc(Br)cc1Sc1ncc(C)cn1. The number of aromatic nitrogens is 2. The van der Waals surface area contributed by atoms with Gasteiger partial charge in [0.15, 0.2) is 5.16 Å². The minimum absolute atomic E-state index is 0.293. The summed E-state index contributed by atoms with van der Waals surface area (Å²) in [6.45, 7) is 4.13. The fourth-order valence-corrected chi connectivity index (χ4v) is 3.11. The second-order valence-electron chi connectivity index (χ2n) is 4.34. The maximum absolute atomic E-state index is 4.35. The molecule has 2 rings (SSSR count). The van der Waals surface area contributed by atoms with Crippen LogP contribution in [0.5, 0.6) is 0 Å². The van der Waals surface area contributed by atoms with Crippen molar-refractivity contribution in [1.29, 1.82) is 0 Å². The molecule has 0 fully saturated rings. The molecular formula is C14H16BrN3S. The van der Waals surface area contributed by atoms with E-state index < -0.39 is 0 Å². The molecule has 0 aliphatic heterocycles. The van der Waals surface area contributed by atoms with Crippen LogP contribution in [0.2, 0.25) is 0 Å². The van der Waals surface area contributed by atoms with E-state index in [0.29, 0.717) is 6.04 Å². The Balaban J connectivity index is 2.32. The average Bonchev–Trinajstić information content (AvgIpc) is 2.41. The Kier molecular flexibility index (Phi) is 4.96. The van der Waals surface area contributed by atoms with E-state index in [2.05, 4.69) is 56.3 Å². The zero-order chi connectivity index (χ0) is 13.8. The van der Waals surface area contributed by atoms with Crippen molar-refractivity contribution in [2.45, 2.75) is 29.9 Å². The Morgan fingerprint density at radius 3 is 2.58 bits per heavy atom. The number of nitrogens with one attached hydrogen (secondary N) is 1. The summed E-state index contributed by atoms with van der Waals surface area (Å²) in [6.07, 6.45) is 3.68. The standard InChI is InChI=1S/C14H16BrN3S/c1-9-7-17-14(18-8-9)19-13-6-11(15)4-5-12(13)10(2)16-3/h4-8,10,16H,1-3H3. The Bertz CT molecular complexity index is 557. The van der Waals surface area contributed by atoms with E-state index >= 15 is 0 Å². The van der Waals surface area contributed by atoms with E-state index in [1.165, 1.54) is 10.5 Å². The van der Waals surface area contributed by atoms with Crippen LogP contribution in [0, 0.1) is 6.92 Å². The lowest BCUT2D eigenvalue weighted by molar-refractivity contribution is 0.641. The highest BCUT2D eigenvalue weighted by Gasteiger charge is 2.11. The predicted octanol–water partition coefficient (Wildman–Crippen LogP) is 3.98.